The molecule has 1 aromatic heterocycles. The van der Waals surface area contributed by atoms with E-state index in [2.05, 4.69) is 29.2 Å². The topological polar surface area (TPSA) is 52.1 Å². The highest BCUT2D eigenvalue weighted by Crippen LogP contribution is 2.44. The van der Waals surface area contributed by atoms with Gasteiger partial charge in [0.05, 0.1) is 11.6 Å². The average molecular weight is 475 g/mol. The molecular weight excluding hydrogens is 440 g/mol. The van der Waals surface area contributed by atoms with Gasteiger partial charge >= 0.3 is 5.97 Å². The first kappa shape index (κ1) is 24.5. The first-order chi connectivity index (χ1) is 16.4. The lowest BCUT2D eigenvalue weighted by Crippen LogP contribution is -2.25. The highest BCUT2D eigenvalue weighted by atomic mass is 32.2. The Morgan fingerprint density at radius 1 is 0.971 bits per heavy atom. The van der Waals surface area contributed by atoms with Crippen LogP contribution in [0, 0.1) is 11.8 Å². The molecule has 3 aromatic rings. The van der Waals surface area contributed by atoms with Crippen LogP contribution < -0.4 is 0 Å². The Labute approximate surface area is 207 Å². The zero-order chi connectivity index (χ0) is 24.0. The Kier molecular flexibility index (Phi) is 8.04. The highest BCUT2D eigenvalue weighted by Gasteiger charge is 2.44. The molecular formula is C29H34N2O2S. The van der Waals surface area contributed by atoms with Crippen molar-refractivity contribution in [3.05, 3.63) is 66.9 Å². The highest BCUT2D eigenvalue weighted by molar-refractivity contribution is 7.99. The molecule has 1 fully saturated rings. The molecule has 4 nitrogen and oxygen atoms in total. The molecule has 1 aliphatic rings. The summed E-state index contributed by atoms with van der Waals surface area (Å²) in [6.07, 6.45) is 7.52. The van der Waals surface area contributed by atoms with Crippen LogP contribution in [0.4, 0.5) is 0 Å². The maximum absolute atomic E-state index is 12.1. The number of hydrogen-bond acceptors (Lipinski definition) is 5. The van der Waals surface area contributed by atoms with Gasteiger partial charge in [-0.05, 0) is 51.5 Å². The predicted molar refractivity (Wildman–Crippen MR) is 140 cm³/mol. The molecule has 1 saturated carbocycles. The van der Waals surface area contributed by atoms with Gasteiger partial charge in [-0.2, -0.15) is 0 Å². The molecule has 0 saturated heterocycles. The lowest BCUT2D eigenvalue weighted by atomic mass is 10.0. The number of aromatic nitrogens is 2. The SMILES string of the molecule is CC(C)(C)OC(=O)C1CC1CCCCCSc1ncc(-c2ccccc2)c(-c2ccccc2)n1. The zero-order valence-electron chi connectivity index (χ0n) is 20.4. The van der Waals surface area contributed by atoms with Crippen LogP contribution in [-0.4, -0.2) is 27.3 Å². The fourth-order valence-corrected chi connectivity index (χ4v) is 4.98. The van der Waals surface area contributed by atoms with Crippen molar-refractivity contribution in [1.82, 2.24) is 9.97 Å². The molecule has 0 radical (unpaired) electrons. The number of thioether (sulfide) groups is 1. The molecule has 0 amide bonds. The number of rotatable bonds is 10. The van der Waals surface area contributed by atoms with Crippen molar-refractivity contribution in [3.8, 4) is 22.4 Å². The molecule has 0 aliphatic heterocycles. The summed E-state index contributed by atoms with van der Waals surface area (Å²) in [6.45, 7) is 5.80. The smallest absolute Gasteiger partial charge is 0.309 e. The van der Waals surface area contributed by atoms with Crippen LogP contribution in [0.3, 0.4) is 0 Å². The van der Waals surface area contributed by atoms with E-state index in [4.69, 9.17) is 9.72 Å². The van der Waals surface area contributed by atoms with Gasteiger partial charge in [0.25, 0.3) is 0 Å². The average Bonchev–Trinajstić information content (AvgIpc) is 3.61. The lowest BCUT2D eigenvalue weighted by molar-refractivity contribution is -0.156. The molecule has 0 N–H and O–H groups in total. The van der Waals surface area contributed by atoms with Crippen LogP contribution >= 0.6 is 11.8 Å². The molecule has 1 aliphatic carbocycles. The molecule has 4 rings (SSSR count). The maximum Gasteiger partial charge on any atom is 0.309 e. The van der Waals surface area contributed by atoms with E-state index in [1.54, 1.807) is 11.8 Å². The summed E-state index contributed by atoms with van der Waals surface area (Å²) in [7, 11) is 0. The number of esters is 1. The van der Waals surface area contributed by atoms with Gasteiger partial charge in [0, 0.05) is 23.1 Å². The summed E-state index contributed by atoms with van der Waals surface area (Å²) in [5.41, 5.74) is 3.88. The summed E-state index contributed by atoms with van der Waals surface area (Å²) in [4.78, 5) is 21.7. The van der Waals surface area contributed by atoms with Crippen LogP contribution in [0.2, 0.25) is 0 Å². The van der Waals surface area contributed by atoms with Gasteiger partial charge in [-0.25, -0.2) is 9.97 Å². The van der Waals surface area contributed by atoms with E-state index in [-0.39, 0.29) is 17.5 Å². The third-order valence-corrected chi connectivity index (χ3v) is 6.93. The third kappa shape index (κ3) is 6.92. The summed E-state index contributed by atoms with van der Waals surface area (Å²) < 4.78 is 5.51. The molecule has 2 aromatic carbocycles. The number of carbonyl (C=O) groups excluding carboxylic acids is 1. The van der Waals surface area contributed by atoms with Crippen molar-refractivity contribution >= 4 is 17.7 Å². The Balaban J connectivity index is 1.26. The first-order valence-electron chi connectivity index (χ1n) is 12.2. The Morgan fingerprint density at radius 3 is 2.32 bits per heavy atom. The van der Waals surface area contributed by atoms with Gasteiger partial charge in [0.15, 0.2) is 5.16 Å². The molecule has 34 heavy (non-hydrogen) atoms. The molecule has 0 spiro atoms. The molecule has 1 heterocycles. The summed E-state index contributed by atoms with van der Waals surface area (Å²) in [5, 5.41) is 0.825. The van der Waals surface area contributed by atoms with Crippen molar-refractivity contribution in [2.75, 3.05) is 5.75 Å². The van der Waals surface area contributed by atoms with E-state index >= 15 is 0 Å². The number of hydrogen-bond donors (Lipinski definition) is 0. The fourth-order valence-electron chi connectivity index (χ4n) is 4.16. The van der Waals surface area contributed by atoms with Gasteiger partial charge in [-0.15, -0.1) is 0 Å². The Hall–Kier alpha value is -2.66. The van der Waals surface area contributed by atoms with Crippen LogP contribution in [0.15, 0.2) is 72.0 Å². The zero-order valence-corrected chi connectivity index (χ0v) is 21.2. The predicted octanol–water partition coefficient (Wildman–Crippen LogP) is 7.44. The molecule has 178 valence electrons. The van der Waals surface area contributed by atoms with Crippen molar-refractivity contribution in [2.45, 2.75) is 63.6 Å². The minimum absolute atomic E-state index is 0.0154. The first-order valence-corrected chi connectivity index (χ1v) is 13.2. The second-order valence-electron chi connectivity index (χ2n) is 9.98. The van der Waals surface area contributed by atoms with Crippen molar-refractivity contribution in [2.24, 2.45) is 11.8 Å². The summed E-state index contributed by atoms with van der Waals surface area (Å²) in [6, 6.07) is 20.7. The fraction of sp³-hybridized carbons (Fsp3) is 0.414. The normalized spacial score (nSPS) is 17.4. The second kappa shape index (κ2) is 11.2. The lowest BCUT2D eigenvalue weighted by Gasteiger charge is -2.19. The van der Waals surface area contributed by atoms with E-state index in [1.807, 2.05) is 63.4 Å². The quantitative estimate of drug-likeness (QED) is 0.132. The van der Waals surface area contributed by atoms with Gasteiger partial charge in [-0.3, -0.25) is 4.79 Å². The van der Waals surface area contributed by atoms with E-state index in [0.29, 0.717) is 5.92 Å². The van der Waals surface area contributed by atoms with Gasteiger partial charge in [0.2, 0.25) is 0 Å². The molecule has 5 heteroatoms. The maximum atomic E-state index is 12.1. The van der Waals surface area contributed by atoms with E-state index in [9.17, 15) is 4.79 Å². The van der Waals surface area contributed by atoms with Gasteiger partial charge in [0.1, 0.15) is 5.60 Å². The number of benzene rings is 2. The molecule has 0 bridgehead atoms. The van der Waals surface area contributed by atoms with E-state index < -0.39 is 0 Å². The van der Waals surface area contributed by atoms with E-state index in [0.717, 1.165) is 65.4 Å². The largest absolute Gasteiger partial charge is 0.460 e. The third-order valence-electron chi connectivity index (χ3n) is 5.98. The van der Waals surface area contributed by atoms with Crippen molar-refractivity contribution in [1.29, 1.82) is 0 Å². The van der Waals surface area contributed by atoms with Crippen molar-refractivity contribution in [3.63, 3.8) is 0 Å². The standard InChI is InChI=1S/C29H34N2O2S/c1-29(2,3)33-27(32)24-19-23(24)17-11-6-12-18-34-28-30-20-25(21-13-7-4-8-14-21)26(31-28)22-15-9-5-10-16-22/h4-5,7-10,13-16,20,23-24H,6,11-12,17-19H2,1-3H3. The van der Waals surface area contributed by atoms with Gasteiger partial charge < -0.3 is 4.74 Å². The number of ether oxygens (including phenoxy) is 1. The van der Waals surface area contributed by atoms with Crippen LogP contribution in [0.5, 0.6) is 0 Å². The Bertz CT molecular complexity index is 1080. The monoisotopic (exact) mass is 474 g/mol. The van der Waals surface area contributed by atoms with Crippen LogP contribution in [0.1, 0.15) is 52.9 Å². The minimum atomic E-state index is -0.386. The summed E-state index contributed by atoms with van der Waals surface area (Å²) >= 11 is 1.72. The molecule has 2 unspecified atom stereocenters. The van der Waals surface area contributed by atoms with Crippen molar-refractivity contribution < 1.29 is 9.53 Å². The van der Waals surface area contributed by atoms with Gasteiger partial charge in [-0.1, -0.05) is 85.3 Å². The van der Waals surface area contributed by atoms with Crippen LogP contribution in [0.25, 0.3) is 22.4 Å². The molecule has 2 atom stereocenters. The van der Waals surface area contributed by atoms with Crippen LogP contribution in [-0.2, 0) is 9.53 Å². The summed E-state index contributed by atoms with van der Waals surface area (Å²) in [5.74, 6) is 1.63. The Morgan fingerprint density at radius 2 is 1.65 bits per heavy atom. The number of carbonyl (C=O) groups is 1. The number of unbranched alkanes of at least 4 members (excludes halogenated alkanes) is 2. The second-order valence-corrected chi connectivity index (χ2v) is 11.0. The van der Waals surface area contributed by atoms with E-state index in [1.165, 1.54) is 0 Å². The number of nitrogens with zero attached hydrogens (tertiary/aromatic N) is 2. The minimum Gasteiger partial charge on any atom is -0.460 e.